The zero-order chi connectivity index (χ0) is 20.2. The third-order valence-corrected chi connectivity index (χ3v) is 5.95. The molecule has 0 saturated carbocycles. The maximum atomic E-state index is 13.7. The van der Waals surface area contributed by atoms with Crippen LogP contribution in [-0.2, 0) is 16.1 Å². The van der Waals surface area contributed by atoms with Gasteiger partial charge in [-0.25, -0.2) is 4.57 Å². The van der Waals surface area contributed by atoms with Gasteiger partial charge in [0, 0.05) is 0 Å². The summed E-state index contributed by atoms with van der Waals surface area (Å²) < 4.78 is 25.3. The van der Waals surface area contributed by atoms with Gasteiger partial charge in [0.1, 0.15) is 17.2 Å². The Morgan fingerprint density at radius 3 is 1.79 bits per heavy atom. The molecule has 3 aromatic carbocycles. The Labute approximate surface area is 166 Å². The Morgan fingerprint density at radius 2 is 1.32 bits per heavy atom. The van der Waals surface area contributed by atoms with Gasteiger partial charge in [-0.1, -0.05) is 69.3 Å². The fourth-order valence-corrected chi connectivity index (χ4v) is 4.57. The van der Waals surface area contributed by atoms with Crippen LogP contribution in [0.2, 0.25) is 0 Å². The third kappa shape index (κ3) is 5.17. The number of hydrogen-bond acceptors (Lipinski definition) is 4. The fraction of sp³-hybridized carbons (Fsp3) is 0.217. The van der Waals surface area contributed by atoms with Gasteiger partial charge in [-0.3, -0.25) is 0 Å². The van der Waals surface area contributed by atoms with E-state index in [-0.39, 0.29) is 17.3 Å². The molecule has 4 nitrogen and oxygen atoms in total. The quantitative estimate of drug-likeness (QED) is 0.481. The van der Waals surface area contributed by atoms with E-state index in [1.165, 1.54) is 0 Å². The van der Waals surface area contributed by atoms with Crippen LogP contribution in [0.5, 0.6) is 17.2 Å². The molecule has 5 heteroatoms. The summed E-state index contributed by atoms with van der Waals surface area (Å²) in [4.78, 5) is 0. The lowest BCUT2D eigenvalue weighted by Gasteiger charge is -2.23. The molecule has 0 aliphatic rings. The van der Waals surface area contributed by atoms with Crippen LogP contribution in [0.15, 0.2) is 78.9 Å². The van der Waals surface area contributed by atoms with Gasteiger partial charge in [0.05, 0.1) is 6.16 Å². The number of benzene rings is 3. The highest BCUT2D eigenvalue weighted by molar-refractivity contribution is 7.53. The van der Waals surface area contributed by atoms with E-state index in [9.17, 15) is 9.67 Å². The van der Waals surface area contributed by atoms with Crippen molar-refractivity contribution in [1.82, 2.24) is 0 Å². The van der Waals surface area contributed by atoms with E-state index in [4.69, 9.17) is 9.05 Å². The molecule has 0 heterocycles. The van der Waals surface area contributed by atoms with Crippen LogP contribution >= 0.6 is 7.60 Å². The molecule has 0 amide bonds. The predicted molar refractivity (Wildman–Crippen MR) is 112 cm³/mol. The molecular weight excluding hydrogens is 371 g/mol. The van der Waals surface area contributed by atoms with Crippen LogP contribution in [-0.4, -0.2) is 5.11 Å². The SMILES string of the molecule is CC(C)(C)c1cc(CP(=O)(Oc2ccccc2)Oc2ccccc2)ccc1O. The van der Waals surface area contributed by atoms with Crippen molar-refractivity contribution in [2.24, 2.45) is 0 Å². The molecule has 3 aromatic rings. The van der Waals surface area contributed by atoms with Gasteiger partial charge in [-0.15, -0.1) is 0 Å². The lowest BCUT2D eigenvalue weighted by Crippen LogP contribution is -2.12. The number of phenols is 1. The van der Waals surface area contributed by atoms with Gasteiger partial charge in [0.25, 0.3) is 0 Å². The minimum Gasteiger partial charge on any atom is -0.508 e. The highest BCUT2D eigenvalue weighted by atomic mass is 31.2. The highest BCUT2D eigenvalue weighted by Gasteiger charge is 2.30. The fourth-order valence-electron chi connectivity index (χ4n) is 2.87. The van der Waals surface area contributed by atoms with Gasteiger partial charge in [-0.2, -0.15) is 0 Å². The third-order valence-electron chi connectivity index (χ3n) is 4.22. The van der Waals surface area contributed by atoms with Crippen LogP contribution in [0.25, 0.3) is 0 Å². The minimum absolute atomic E-state index is 0.0835. The maximum Gasteiger partial charge on any atom is 0.435 e. The van der Waals surface area contributed by atoms with Crippen molar-refractivity contribution in [2.75, 3.05) is 0 Å². The van der Waals surface area contributed by atoms with Crippen LogP contribution < -0.4 is 9.05 Å². The number of para-hydroxylation sites is 2. The highest BCUT2D eigenvalue weighted by Crippen LogP contribution is 2.51. The van der Waals surface area contributed by atoms with E-state index >= 15 is 0 Å². The second kappa shape index (κ2) is 8.12. The minimum atomic E-state index is -3.55. The van der Waals surface area contributed by atoms with Gasteiger partial charge in [0.15, 0.2) is 0 Å². The Bertz CT molecular complexity index is 917. The van der Waals surface area contributed by atoms with E-state index in [0.717, 1.165) is 11.1 Å². The van der Waals surface area contributed by atoms with Crippen LogP contribution in [0.3, 0.4) is 0 Å². The second-order valence-corrected chi connectivity index (χ2v) is 9.58. The zero-order valence-corrected chi connectivity index (χ0v) is 17.2. The molecule has 0 aliphatic carbocycles. The Balaban J connectivity index is 1.94. The smallest absolute Gasteiger partial charge is 0.435 e. The van der Waals surface area contributed by atoms with Crippen LogP contribution in [0, 0.1) is 0 Å². The normalized spacial score (nSPS) is 11.8. The Hall–Kier alpha value is -2.71. The van der Waals surface area contributed by atoms with Crippen molar-refractivity contribution in [1.29, 1.82) is 0 Å². The molecule has 0 aliphatic heterocycles. The van der Waals surface area contributed by atoms with E-state index < -0.39 is 7.60 Å². The number of aromatic hydroxyl groups is 1. The monoisotopic (exact) mass is 396 g/mol. The van der Waals surface area contributed by atoms with E-state index in [1.54, 1.807) is 36.4 Å². The molecule has 146 valence electrons. The molecule has 0 aromatic heterocycles. The summed E-state index contributed by atoms with van der Waals surface area (Å²) in [5.74, 6) is 1.19. The standard InChI is InChI=1S/C23H25O4P/c1-23(2,3)21-16-18(14-15-22(21)24)17-28(25,26-19-10-6-4-7-11-19)27-20-12-8-5-9-13-20/h4-16,24H,17H2,1-3H3. The first-order valence-corrected chi connectivity index (χ1v) is 10.9. The summed E-state index contributed by atoms with van der Waals surface area (Å²) in [6, 6.07) is 23.3. The maximum absolute atomic E-state index is 13.7. The number of rotatable bonds is 6. The zero-order valence-electron chi connectivity index (χ0n) is 16.3. The van der Waals surface area contributed by atoms with Crippen molar-refractivity contribution in [3.63, 3.8) is 0 Å². The van der Waals surface area contributed by atoms with E-state index in [2.05, 4.69) is 0 Å². The van der Waals surface area contributed by atoms with Crippen molar-refractivity contribution in [2.45, 2.75) is 32.3 Å². The second-order valence-electron chi connectivity index (χ2n) is 7.68. The summed E-state index contributed by atoms with van der Waals surface area (Å²) in [7, 11) is -3.55. The summed E-state index contributed by atoms with van der Waals surface area (Å²) in [5, 5.41) is 10.2. The first-order chi connectivity index (χ1) is 13.3. The molecule has 0 unspecified atom stereocenters. The molecule has 0 radical (unpaired) electrons. The molecule has 3 rings (SSSR count). The molecule has 0 atom stereocenters. The van der Waals surface area contributed by atoms with Gasteiger partial charge < -0.3 is 14.2 Å². The van der Waals surface area contributed by atoms with Crippen molar-refractivity contribution in [3.05, 3.63) is 90.0 Å². The summed E-state index contributed by atoms with van der Waals surface area (Å²) >= 11 is 0. The van der Waals surface area contributed by atoms with Crippen molar-refractivity contribution < 1.29 is 18.7 Å². The van der Waals surface area contributed by atoms with Gasteiger partial charge in [-0.05, 0) is 46.9 Å². The Kier molecular flexibility index (Phi) is 5.81. The first kappa shape index (κ1) is 20.0. The molecule has 0 fully saturated rings. The lowest BCUT2D eigenvalue weighted by molar-refractivity contribution is 0.384. The average molecular weight is 396 g/mol. The van der Waals surface area contributed by atoms with Crippen molar-refractivity contribution in [3.8, 4) is 17.2 Å². The van der Waals surface area contributed by atoms with Crippen LogP contribution in [0.1, 0.15) is 31.9 Å². The lowest BCUT2D eigenvalue weighted by atomic mass is 9.85. The number of hydrogen-bond donors (Lipinski definition) is 1. The summed E-state index contributed by atoms with van der Waals surface area (Å²) in [6.45, 7) is 6.06. The largest absolute Gasteiger partial charge is 0.508 e. The van der Waals surface area contributed by atoms with Crippen molar-refractivity contribution >= 4 is 7.60 Å². The summed E-state index contributed by atoms with van der Waals surface area (Å²) in [6.07, 6.45) is 0.0835. The molecule has 0 bridgehead atoms. The topological polar surface area (TPSA) is 55.8 Å². The first-order valence-electron chi connectivity index (χ1n) is 9.16. The Morgan fingerprint density at radius 1 is 0.821 bits per heavy atom. The summed E-state index contributed by atoms with van der Waals surface area (Å²) in [5.41, 5.74) is 1.32. The van der Waals surface area contributed by atoms with Gasteiger partial charge in [0.2, 0.25) is 0 Å². The molecule has 0 spiro atoms. The molecule has 28 heavy (non-hydrogen) atoms. The van der Waals surface area contributed by atoms with E-state index in [0.29, 0.717) is 11.5 Å². The molecular formula is C23H25O4P. The molecule has 0 saturated heterocycles. The number of phenolic OH excluding ortho intramolecular Hbond substituents is 1. The van der Waals surface area contributed by atoms with Crippen LogP contribution in [0.4, 0.5) is 0 Å². The van der Waals surface area contributed by atoms with E-state index in [1.807, 2.05) is 63.2 Å². The molecule has 1 N–H and O–H groups in total. The average Bonchev–Trinajstić information content (AvgIpc) is 2.64. The van der Waals surface area contributed by atoms with Gasteiger partial charge >= 0.3 is 7.60 Å². The predicted octanol–water partition coefficient (Wildman–Crippen LogP) is 6.54.